The van der Waals surface area contributed by atoms with Gasteiger partial charge in [-0.25, -0.2) is 9.59 Å². The number of benzene rings is 2. The highest BCUT2D eigenvalue weighted by atomic mass is 35.5. The number of anilines is 1. The van der Waals surface area contributed by atoms with E-state index in [-0.39, 0.29) is 27.8 Å². The average Bonchev–Trinajstić information content (AvgIpc) is 3.21. The van der Waals surface area contributed by atoms with Crippen LogP contribution in [-0.4, -0.2) is 36.0 Å². The van der Waals surface area contributed by atoms with E-state index in [1.165, 1.54) is 12.1 Å². The number of carbonyl (C=O) groups is 3. The molecule has 0 fully saturated rings. The monoisotopic (exact) mass is 488 g/mol. The molecule has 0 aliphatic carbocycles. The summed E-state index contributed by atoms with van der Waals surface area (Å²) in [5.74, 6) is -2.23. The quantitative estimate of drug-likeness (QED) is 0.270. The number of amides is 1. The molecule has 2 aromatic carbocycles. The Kier molecular flexibility index (Phi) is 7.75. The maximum Gasteiger partial charge on any atom is 0.341 e. The number of hydrogen-bond donors (Lipinski definition) is 1. The number of halogens is 1. The number of nitrogens with zero attached hydrogens (tertiary/aromatic N) is 1. The molecule has 3 aromatic rings. The number of carbonyl (C=O) groups excluding carboxylic acids is 3. The molecule has 1 aromatic heterocycles. The summed E-state index contributed by atoms with van der Waals surface area (Å²) in [6.45, 7) is 1.16. The summed E-state index contributed by atoms with van der Waals surface area (Å²) in [6.07, 6.45) is 0. The van der Waals surface area contributed by atoms with Crippen molar-refractivity contribution in [2.45, 2.75) is 6.92 Å². The number of nitro benzene ring substituents is 1. The summed E-state index contributed by atoms with van der Waals surface area (Å²) in [4.78, 5) is 47.4. The molecule has 3 rings (SSSR count). The summed E-state index contributed by atoms with van der Waals surface area (Å²) in [6, 6.07) is 12.5. The Hall–Kier alpha value is -3.76. The van der Waals surface area contributed by atoms with E-state index in [0.717, 1.165) is 23.0 Å². The first-order valence-electron chi connectivity index (χ1n) is 9.56. The number of thiophene rings is 1. The second-order valence-corrected chi connectivity index (χ2v) is 7.77. The zero-order valence-electron chi connectivity index (χ0n) is 17.2. The van der Waals surface area contributed by atoms with Gasteiger partial charge in [-0.3, -0.25) is 14.9 Å². The molecule has 0 saturated carbocycles. The molecule has 0 spiro atoms. The molecule has 0 bridgehead atoms. The number of rotatable bonds is 8. The first kappa shape index (κ1) is 23.9. The van der Waals surface area contributed by atoms with Gasteiger partial charge in [0, 0.05) is 17.0 Å². The van der Waals surface area contributed by atoms with Crippen LogP contribution >= 0.6 is 22.9 Å². The van der Waals surface area contributed by atoms with Crippen LogP contribution in [0.4, 0.5) is 10.7 Å². The van der Waals surface area contributed by atoms with Crippen LogP contribution in [0.2, 0.25) is 5.02 Å². The van der Waals surface area contributed by atoms with Crippen molar-refractivity contribution in [3.63, 3.8) is 0 Å². The van der Waals surface area contributed by atoms with Crippen LogP contribution in [-0.2, 0) is 14.3 Å². The molecule has 0 saturated heterocycles. The molecule has 11 heteroatoms. The van der Waals surface area contributed by atoms with Gasteiger partial charge in [-0.1, -0.05) is 41.9 Å². The van der Waals surface area contributed by atoms with Crippen molar-refractivity contribution in [3.05, 3.63) is 80.2 Å². The fourth-order valence-corrected chi connectivity index (χ4v) is 4.00. The second kappa shape index (κ2) is 10.7. The molecule has 0 atom stereocenters. The minimum Gasteiger partial charge on any atom is -0.462 e. The first-order chi connectivity index (χ1) is 15.8. The van der Waals surface area contributed by atoms with Crippen molar-refractivity contribution in [3.8, 4) is 11.1 Å². The van der Waals surface area contributed by atoms with E-state index in [2.05, 4.69) is 5.32 Å². The van der Waals surface area contributed by atoms with Crippen LogP contribution in [0.1, 0.15) is 27.6 Å². The van der Waals surface area contributed by atoms with Gasteiger partial charge < -0.3 is 14.8 Å². The maximum absolute atomic E-state index is 12.5. The average molecular weight is 489 g/mol. The number of esters is 2. The van der Waals surface area contributed by atoms with Gasteiger partial charge in [0.25, 0.3) is 11.6 Å². The lowest BCUT2D eigenvalue weighted by Gasteiger charge is -2.09. The van der Waals surface area contributed by atoms with Crippen molar-refractivity contribution in [1.82, 2.24) is 0 Å². The largest absolute Gasteiger partial charge is 0.462 e. The zero-order valence-corrected chi connectivity index (χ0v) is 18.8. The standard InChI is InChI=1S/C22H17ClN2O7S/c1-2-31-22(28)19-15(13-6-4-3-5-7-13)12-33-20(19)24-18(26)11-32-21(27)14-8-9-16(23)17(10-14)25(29)30/h3-10,12H,2,11H2,1H3,(H,24,26). The van der Waals surface area contributed by atoms with E-state index < -0.39 is 35.1 Å². The summed E-state index contributed by atoms with van der Waals surface area (Å²) >= 11 is 6.86. The van der Waals surface area contributed by atoms with Crippen LogP contribution in [0.5, 0.6) is 0 Å². The predicted octanol–water partition coefficient (Wildman–Crippen LogP) is 4.95. The molecule has 1 heterocycles. The minimum absolute atomic E-state index is 0.131. The molecule has 0 unspecified atom stereocenters. The molecule has 0 radical (unpaired) electrons. The highest BCUT2D eigenvalue weighted by Gasteiger charge is 2.23. The summed E-state index contributed by atoms with van der Waals surface area (Å²) in [5, 5.41) is 15.4. The first-order valence-corrected chi connectivity index (χ1v) is 10.8. The van der Waals surface area contributed by atoms with E-state index in [1.807, 2.05) is 30.3 Å². The van der Waals surface area contributed by atoms with Gasteiger partial charge in [0.1, 0.15) is 15.6 Å². The van der Waals surface area contributed by atoms with Crippen molar-refractivity contribution >= 4 is 51.5 Å². The highest BCUT2D eigenvalue weighted by molar-refractivity contribution is 7.15. The minimum atomic E-state index is -0.938. The second-order valence-electron chi connectivity index (χ2n) is 6.49. The van der Waals surface area contributed by atoms with Crippen molar-refractivity contribution < 1.29 is 28.8 Å². The number of nitrogens with one attached hydrogen (secondary N) is 1. The SMILES string of the molecule is CCOC(=O)c1c(-c2ccccc2)csc1NC(=O)COC(=O)c1ccc(Cl)c([N+](=O)[O-])c1. The highest BCUT2D eigenvalue weighted by Crippen LogP contribution is 2.36. The predicted molar refractivity (Wildman–Crippen MR) is 123 cm³/mol. The van der Waals surface area contributed by atoms with Crippen LogP contribution < -0.4 is 5.32 Å². The molecule has 0 aliphatic heterocycles. The molecular formula is C22H17ClN2O7S. The van der Waals surface area contributed by atoms with Gasteiger partial charge in [0.05, 0.1) is 17.1 Å². The lowest BCUT2D eigenvalue weighted by Crippen LogP contribution is -2.21. The maximum atomic E-state index is 12.5. The Morgan fingerprint density at radius 3 is 2.48 bits per heavy atom. The number of hydrogen-bond acceptors (Lipinski definition) is 8. The molecule has 9 nitrogen and oxygen atoms in total. The lowest BCUT2D eigenvalue weighted by atomic mass is 10.0. The van der Waals surface area contributed by atoms with E-state index in [9.17, 15) is 24.5 Å². The van der Waals surface area contributed by atoms with Crippen LogP contribution in [0.15, 0.2) is 53.9 Å². The van der Waals surface area contributed by atoms with E-state index in [0.29, 0.717) is 5.56 Å². The normalized spacial score (nSPS) is 10.4. The molecule has 170 valence electrons. The Labute approximate surface area is 197 Å². The van der Waals surface area contributed by atoms with Gasteiger partial charge in [0.15, 0.2) is 6.61 Å². The molecule has 0 aliphatic rings. The smallest absolute Gasteiger partial charge is 0.341 e. The zero-order chi connectivity index (χ0) is 24.0. The van der Waals surface area contributed by atoms with Gasteiger partial charge in [-0.05, 0) is 24.6 Å². The van der Waals surface area contributed by atoms with Crippen molar-refractivity contribution in [1.29, 1.82) is 0 Å². The fourth-order valence-electron chi connectivity index (χ4n) is 2.84. The third kappa shape index (κ3) is 5.73. The van der Waals surface area contributed by atoms with Gasteiger partial charge in [-0.2, -0.15) is 0 Å². The van der Waals surface area contributed by atoms with Crippen molar-refractivity contribution in [2.24, 2.45) is 0 Å². The fraction of sp³-hybridized carbons (Fsp3) is 0.136. The van der Waals surface area contributed by atoms with E-state index in [1.54, 1.807) is 12.3 Å². The summed E-state index contributed by atoms with van der Waals surface area (Å²) < 4.78 is 10.1. The topological polar surface area (TPSA) is 125 Å². The Morgan fingerprint density at radius 2 is 1.82 bits per heavy atom. The molecule has 1 N–H and O–H groups in total. The van der Waals surface area contributed by atoms with E-state index >= 15 is 0 Å². The summed E-state index contributed by atoms with van der Waals surface area (Å²) in [7, 11) is 0. The van der Waals surface area contributed by atoms with Gasteiger partial charge >= 0.3 is 11.9 Å². The molecule has 1 amide bonds. The third-order valence-corrected chi connectivity index (χ3v) is 5.54. The third-order valence-electron chi connectivity index (χ3n) is 4.32. The van der Waals surface area contributed by atoms with Crippen LogP contribution in [0.25, 0.3) is 11.1 Å². The lowest BCUT2D eigenvalue weighted by molar-refractivity contribution is -0.384. The Morgan fingerprint density at radius 1 is 1.09 bits per heavy atom. The Balaban J connectivity index is 1.73. The van der Waals surface area contributed by atoms with Crippen molar-refractivity contribution in [2.75, 3.05) is 18.5 Å². The van der Waals surface area contributed by atoms with Crippen LogP contribution in [0.3, 0.4) is 0 Å². The van der Waals surface area contributed by atoms with Gasteiger partial charge in [-0.15, -0.1) is 11.3 Å². The Bertz CT molecular complexity index is 1210. The summed E-state index contributed by atoms with van der Waals surface area (Å²) in [5.41, 5.74) is 0.976. The molecular weight excluding hydrogens is 472 g/mol. The van der Waals surface area contributed by atoms with E-state index in [4.69, 9.17) is 21.1 Å². The molecule has 33 heavy (non-hydrogen) atoms. The van der Waals surface area contributed by atoms with Gasteiger partial charge in [0.2, 0.25) is 0 Å². The van der Waals surface area contributed by atoms with Crippen LogP contribution in [0, 0.1) is 10.1 Å². The number of ether oxygens (including phenoxy) is 2. The number of nitro groups is 1.